The number of ether oxygens (including phenoxy) is 1. The van der Waals surface area contributed by atoms with Gasteiger partial charge >= 0.3 is 0 Å². The number of aromatic nitrogens is 3. The molecule has 236 valence electrons. The van der Waals surface area contributed by atoms with Crippen LogP contribution < -0.4 is 15.5 Å². The van der Waals surface area contributed by atoms with E-state index in [1.54, 1.807) is 6.08 Å². The topological polar surface area (TPSA) is 75.8 Å². The SMILES string of the molecule is C=C(/C=C/CNC1(C)COC1)Nc1c(F)cc(C(=O)c2cc3c4c(cccn24)-c2c(C)cc4c(cnn4C)c2N(C)CC3)cc1F. The molecule has 0 saturated carbocycles. The van der Waals surface area contributed by atoms with Gasteiger partial charge in [-0.15, -0.1) is 0 Å². The summed E-state index contributed by atoms with van der Waals surface area (Å²) in [5, 5.41) is 11.6. The van der Waals surface area contributed by atoms with E-state index in [9.17, 15) is 4.79 Å². The molecule has 0 radical (unpaired) electrons. The molecule has 7 rings (SSSR count). The number of likely N-dealkylation sites (N-methyl/N-ethyl adjacent to an activating group) is 1. The van der Waals surface area contributed by atoms with E-state index < -0.39 is 17.4 Å². The van der Waals surface area contributed by atoms with Crippen molar-refractivity contribution in [1.29, 1.82) is 0 Å². The van der Waals surface area contributed by atoms with Crippen molar-refractivity contribution in [1.82, 2.24) is 19.5 Å². The molecule has 0 spiro atoms. The highest BCUT2D eigenvalue weighted by Crippen LogP contribution is 2.44. The first-order chi connectivity index (χ1) is 22.0. The van der Waals surface area contributed by atoms with Gasteiger partial charge < -0.3 is 24.7 Å². The van der Waals surface area contributed by atoms with Crippen LogP contribution in [-0.2, 0) is 18.2 Å². The second kappa shape index (κ2) is 11.2. The number of anilines is 2. The molecule has 2 N–H and O–H groups in total. The van der Waals surface area contributed by atoms with E-state index in [-0.39, 0.29) is 16.8 Å². The van der Waals surface area contributed by atoms with E-state index >= 15 is 8.78 Å². The largest absolute Gasteiger partial charge is 0.377 e. The molecule has 0 bridgehead atoms. The lowest BCUT2D eigenvalue weighted by Gasteiger charge is -2.38. The first-order valence-electron chi connectivity index (χ1n) is 15.3. The minimum atomic E-state index is -0.874. The van der Waals surface area contributed by atoms with Crippen molar-refractivity contribution in [3.05, 3.63) is 107 Å². The highest BCUT2D eigenvalue weighted by atomic mass is 19.1. The average Bonchev–Trinajstić information content (AvgIpc) is 3.57. The number of nitrogens with zero attached hydrogens (tertiary/aromatic N) is 4. The predicted octanol–water partition coefficient (Wildman–Crippen LogP) is 6.16. The van der Waals surface area contributed by atoms with E-state index in [1.165, 1.54) is 0 Å². The number of rotatable bonds is 8. The summed E-state index contributed by atoms with van der Waals surface area (Å²) in [4.78, 5) is 16.2. The lowest BCUT2D eigenvalue weighted by molar-refractivity contribution is -0.0623. The van der Waals surface area contributed by atoms with Gasteiger partial charge in [-0.2, -0.15) is 5.10 Å². The molecule has 10 heteroatoms. The minimum Gasteiger partial charge on any atom is -0.377 e. The van der Waals surface area contributed by atoms with Crippen LogP contribution in [0.25, 0.3) is 27.5 Å². The van der Waals surface area contributed by atoms with Crippen LogP contribution in [0.15, 0.2) is 73.2 Å². The van der Waals surface area contributed by atoms with Crippen LogP contribution in [0.3, 0.4) is 0 Å². The molecule has 2 aliphatic heterocycles. The van der Waals surface area contributed by atoms with Crippen molar-refractivity contribution < 1.29 is 18.3 Å². The highest BCUT2D eigenvalue weighted by molar-refractivity contribution is 6.11. The van der Waals surface area contributed by atoms with E-state index in [4.69, 9.17) is 4.74 Å². The molecule has 0 atom stereocenters. The van der Waals surface area contributed by atoms with Crippen molar-refractivity contribution in [3.8, 4) is 11.1 Å². The smallest absolute Gasteiger partial charge is 0.209 e. The zero-order chi connectivity index (χ0) is 32.3. The lowest BCUT2D eigenvalue weighted by Crippen LogP contribution is -2.58. The molecule has 46 heavy (non-hydrogen) atoms. The van der Waals surface area contributed by atoms with E-state index in [0.29, 0.717) is 44.1 Å². The Hall–Kier alpha value is -4.80. The number of hydrogen-bond acceptors (Lipinski definition) is 6. The van der Waals surface area contributed by atoms with Gasteiger partial charge in [0.25, 0.3) is 0 Å². The fourth-order valence-corrected chi connectivity index (χ4v) is 6.63. The van der Waals surface area contributed by atoms with Gasteiger partial charge in [0.1, 0.15) is 17.3 Å². The van der Waals surface area contributed by atoms with E-state index in [2.05, 4.69) is 60.2 Å². The standard InChI is InChI=1S/C36H36F2N6O2/c1-21-14-29-26(18-40-43(29)5)34-31(21)25-9-7-12-44-30(17-23(33(25)44)10-13-42(34)4)35(45)24-15-27(37)32(28(38)16-24)41-22(2)8-6-11-39-36(3)19-46-20-36/h6-9,12,14-18,39,41H,2,10-11,13,19-20H2,1,3-5H3/b8-6+. The highest BCUT2D eigenvalue weighted by Gasteiger charge is 2.32. The fourth-order valence-electron chi connectivity index (χ4n) is 6.63. The zero-order valence-electron chi connectivity index (χ0n) is 26.4. The Bertz CT molecular complexity index is 2060. The number of carbonyl (C=O) groups excluding carboxylic acids is 1. The Morgan fingerprint density at radius 2 is 1.93 bits per heavy atom. The molecule has 0 unspecified atom stereocenters. The monoisotopic (exact) mass is 622 g/mol. The van der Waals surface area contributed by atoms with Crippen molar-refractivity contribution in [2.24, 2.45) is 7.05 Å². The van der Waals surface area contributed by atoms with E-state index in [1.807, 2.05) is 46.7 Å². The first kappa shape index (κ1) is 29.9. The number of hydrogen-bond donors (Lipinski definition) is 2. The summed E-state index contributed by atoms with van der Waals surface area (Å²) in [5.74, 6) is -2.21. The van der Waals surface area contributed by atoms with Gasteiger partial charge in [-0.05, 0) is 67.8 Å². The number of allylic oxidation sites excluding steroid dienone is 1. The van der Waals surface area contributed by atoms with Crippen LogP contribution in [0, 0.1) is 18.6 Å². The van der Waals surface area contributed by atoms with Crippen LogP contribution in [0.5, 0.6) is 0 Å². The molecule has 8 nitrogen and oxygen atoms in total. The number of benzene rings is 2. The summed E-state index contributed by atoms with van der Waals surface area (Å²) in [5.41, 5.74) is 7.41. The number of nitrogens with one attached hydrogen (secondary N) is 2. The van der Waals surface area contributed by atoms with Crippen LogP contribution in [0.2, 0.25) is 0 Å². The van der Waals surface area contributed by atoms with E-state index in [0.717, 1.165) is 56.5 Å². The van der Waals surface area contributed by atoms with Crippen LogP contribution in [0.1, 0.15) is 34.1 Å². The van der Waals surface area contributed by atoms with Crippen molar-refractivity contribution >= 4 is 33.6 Å². The summed E-state index contributed by atoms with van der Waals surface area (Å²) in [7, 11) is 4.01. The Morgan fingerprint density at radius 1 is 1.17 bits per heavy atom. The molecule has 3 aromatic heterocycles. The van der Waals surface area contributed by atoms with Gasteiger partial charge in [0.05, 0.1) is 47.4 Å². The van der Waals surface area contributed by atoms with Crippen LogP contribution in [0.4, 0.5) is 20.2 Å². The second-order valence-electron chi connectivity index (χ2n) is 12.6. The Balaban J connectivity index is 1.21. The molecule has 0 amide bonds. The summed E-state index contributed by atoms with van der Waals surface area (Å²) in [6.45, 7) is 10.6. The third-order valence-corrected chi connectivity index (χ3v) is 9.09. The van der Waals surface area contributed by atoms with Crippen LogP contribution in [-0.4, -0.2) is 58.9 Å². The molecule has 0 aliphatic carbocycles. The molecule has 5 heterocycles. The summed E-state index contributed by atoms with van der Waals surface area (Å²) >= 11 is 0. The molecule has 2 aliphatic rings. The van der Waals surface area contributed by atoms with Crippen LogP contribution >= 0.6 is 0 Å². The zero-order valence-corrected chi connectivity index (χ0v) is 26.4. The number of fused-ring (bicyclic) bond motifs is 4. The molecule has 1 fully saturated rings. The number of ketones is 1. The third kappa shape index (κ3) is 4.98. The summed E-state index contributed by atoms with van der Waals surface area (Å²) in [6, 6.07) is 10.1. The predicted molar refractivity (Wildman–Crippen MR) is 178 cm³/mol. The van der Waals surface area contributed by atoms with Gasteiger partial charge in [-0.1, -0.05) is 18.7 Å². The van der Waals surface area contributed by atoms with Gasteiger partial charge in [0.2, 0.25) is 5.78 Å². The maximum absolute atomic E-state index is 15.3. The quantitative estimate of drug-likeness (QED) is 0.160. The molecule has 2 aromatic carbocycles. The second-order valence-corrected chi connectivity index (χ2v) is 12.6. The van der Waals surface area contributed by atoms with Gasteiger partial charge in [-0.25, -0.2) is 8.78 Å². The molecular weight excluding hydrogens is 586 g/mol. The van der Waals surface area contributed by atoms with Gasteiger partial charge in [-0.3, -0.25) is 9.48 Å². The maximum atomic E-state index is 15.3. The fraction of sp³-hybridized carbons (Fsp3) is 0.278. The average molecular weight is 623 g/mol. The maximum Gasteiger partial charge on any atom is 0.209 e. The number of halogens is 2. The van der Waals surface area contributed by atoms with Crippen molar-refractivity contribution in [2.75, 3.05) is 43.6 Å². The Labute approximate surface area is 266 Å². The third-order valence-electron chi connectivity index (χ3n) is 9.09. The lowest BCUT2D eigenvalue weighted by atomic mass is 9.92. The summed E-state index contributed by atoms with van der Waals surface area (Å²) in [6.07, 6.45) is 7.90. The first-order valence-corrected chi connectivity index (χ1v) is 15.3. The number of pyridine rings is 1. The number of aryl methyl sites for hydroxylation is 2. The van der Waals surface area contributed by atoms with Gasteiger partial charge in [0.15, 0.2) is 0 Å². The Morgan fingerprint density at radius 3 is 2.65 bits per heavy atom. The molecule has 1 saturated heterocycles. The van der Waals surface area contributed by atoms with Crippen molar-refractivity contribution in [3.63, 3.8) is 0 Å². The van der Waals surface area contributed by atoms with Crippen molar-refractivity contribution in [2.45, 2.75) is 25.8 Å². The molecular formula is C36H36F2N6O2. The normalized spacial score (nSPS) is 15.6. The number of carbonyl (C=O) groups is 1. The van der Waals surface area contributed by atoms with Gasteiger partial charge in [0, 0.05) is 61.2 Å². The minimum absolute atomic E-state index is 0.0596. The summed E-state index contributed by atoms with van der Waals surface area (Å²) < 4.78 is 39.6. The Kier molecular flexibility index (Phi) is 7.29. The molecule has 5 aromatic rings.